The molecule has 0 amide bonds. The zero-order chi connectivity index (χ0) is 22.0. The fraction of sp³-hybridized carbons (Fsp3) is 0.217. The van der Waals surface area contributed by atoms with Gasteiger partial charge in [-0.15, -0.1) is 0 Å². The Morgan fingerprint density at radius 3 is 2.26 bits per heavy atom. The largest absolute Gasteiger partial charge is 0.381 e. The number of aryl methyl sites for hydroxylation is 3. The molecular weight excluding hydrogens is 410 g/mol. The first-order valence-electron chi connectivity index (χ1n) is 10.1. The highest BCUT2D eigenvalue weighted by Crippen LogP contribution is 2.23. The summed E-state index contributed by atoms with van der Waals surface area (Å²) in [7, 11) is -3.85. The lowest BCUT2D eigenvalue weighted by Crippen LogP contribution is -2.17. The van der Waals surface area contributed by atoms with Crippen LogP contribution in [0.3, 0.4) is 0 Å². The molecule has 160 valence electrons. The molecule has 2 aromatic carbocycles. The molecule has 0 radical (unpaired) electrons. The number of nitrogens with one attached hydrogen (secondary N) is 2. The third-order valence-electron chi connectivity index (χ3n) is 5.03. The fourth-order valence-corrected chi connectivity index (χ4v) is 4.66. The van der Waals surface area contributed by atoms with Crippen molar-refractivity contribution < 1.29 is 8.42 Å². The predicted octanol–water partition coefficient (Wildman–Crippen LogP) is 4.48. The Morgan fingerprint density at radius 1 is 0.935 bits per heavy atom. The molecule has 4 rings (SSSR count). The zero-order valence-corrected chi connectivity index (χ0v) is 18.6. The molecule has 2 N–H and O–H groups in total. The van der Waals surface area contributed by atoms with Gasteiger partial charge in [-0.3, -0.25) is 4.72 Å². The highest BCUT2D eigenvalue weighted by atomic mass is 32.2. The maximum absolute atomic E-state index is 12.6. The van der Waals surface area contributed by atoms with E-state index in [1.54, 1.807) is 32.0 Å². The number of para-hydroxylation sites is 1. The van der Waals surface area contributed by atoms with Crippen molar-refractivity contribution in [3.8, 4) is 0 Å². The number of anilines is 2. The number of fused-ring (bicyclic) bond motifs is 1. The molecule has 4 aromatic rings. The second kappa shape index (κ2) is 8.39. The molecule has 0 aliphatic carbocycles. The van der Waals surface area contributed by atoms with Crippen LogP contribution in [0.2, 0.25) is 0 Å². The van der Waals surface area contributed by atoms with Crippen LogP contribution in [0.15, 0.2) is 66.0 Å². The molecule has 2 heterocycles. The first kappa shape index (κ1) is 20.9. The van der Waals surface area contributed by atoms with E-state index in [2.05, 4.69) is 55.9 Å². The number of benzene rings is 2. The number of sulfonamides is 1. The zero-order valence-electron chi connectivity index (χ0n) is 17.8. The fourth-order valence-electron chi connectivity index (χ4n) is 3.59. The van der Waals surface area contributed by atoms with Crippen LogP contribution >= 0.6 is 0 Å². The van der Waals surface area contributed by atoms with Gasteiger partial charge in [-0.25, -0.2) is 9.97 Å². The smallest absolute Gasteiger partial charge is 0.297 e. The average molecular weight is 436 g/mol. The standard InChI is InChI=1S/C23H25N5O2S/c1-4-28-15-18(21-7-5-6-8-22(21)28)14-24-19-9-11-20(12-10-19)27-31(29,30)23-25-16(2)13-17(3)26-23/h5-13,15,24,27H,4,14H2,1-3H3. The van der Waals surface area contributed by atoms with Crippen molar-refractivity contribution in [2.45, 2.75) is 39.0 Å². The number of rotatable bonds is 7. The summed E-state index contributed by atoms with van der Waals surface area (Å²) in [5, 5.41) is 4.42. The van der Waals surface area contributed by atoms with E-state index in [0.717, 1.165) is 12.2 Å². The van der Waals surface area contributed by atoms with E-state index in [4.69, 9.17) is 0 Å². The van der Waals surface area contributed by atoms with Crippen molar-refractivity contribution in [3.05, 3.63) is 77.7 Å². The highest BCUT2D eigenvalue weighted by Gasteiger charge is 2.18. The van der Waals surface area contributed by atoms with Crippen molar-refractivity contribution in [1.29, 1.82) is 0 Å². The molecule has 8 heteroatoms. The summed E-state index contributed by atoms with van der Waals surface area (Å²) in [6, 6.07) is 17.2. The molecule has 0 bridgehead atoms. The Kier molecular flexibility index (Phi) is 5.65. The van der Waals surface area contributed by atoms with E-state index in [-0.39, 0.29) is 5.16 Å². The van der Waals surface area contributed by atoms with Gasteiger partial charge in [0.05, 0.1) is 0 Å². The van der Waals surface area contributed by atoms with E-state index in [0.29, 0.717) is 23.6 Å². The summed E-state index contributed by atoms with van der Waals surface area (Å²) < 4.78 is 30.0. The normalized spacial score (nSPS) is 11.6. The minimum atomic E-state index is -3.85. The Morgan fingerprint density at radius 2 is 1.58 bits per heavy atom. The lowest BCUT2D eigenvalue weighted by atomic mass is 10.1. The lowest BCUT2D eigenvalue weighted by Gasteiger charge is -2.10. The average Bonchev–Trinajstić information content (AvgIpc) is 3.10. The van der Waals surface area contributed by atoms with E-state index in [1.165, 1.54) is 16.5 Å². The van der Waals surface area contributed by atoms with Gasteiger partial charge in [0.2, 0.25) is 0 Å². The summed E-state index contributed by atoms with van der Waals surface area (Å²) >= 11 is 0. The summed E-state index contributed by atoms with van der Waals surface area (Å²) in [6.45, 7) is 7.21. The van der Waals surface area contributed by atoms with E-state index in [1.807, 2.05) is 18.2 Å². The first-order chi connectivity index (χ1) is 14.9. The Balaban J connectivity index is 1.46. The van der Waals surface area contributed by atoms with Gasteiger partial charge in [-0.1, -0.05) is 18.2 Å². The molecule has 0 unspecified atom stereocenters. The number of nitrogens with zero attached hydrogens (tertiary/aromatic N) is 3. The van der Waals surface area contributed by atoms with Gasteiger partial charge in [0.15, 0.2) is 0 Å². The van der Waals surface area contributed by atoms with E-state index >= 15 is 0 Å². The van der Waals surface area contributed by atoms with Gasteiger partial charge in [-0.05, 0) is 62.7 Å². The minimum absolute atomic E-state index is 0.223. The second-order valence-electron chi connectivity index (χ2n) is 7.43. The molecule has 31 heavy (non-hydrogen) atoms. The molecule has 2 aromatic heterocycles. The van der Waals surface area contributed by atoms with Crippen LogP contribution in [0.25, 0.3) is 10.9 Å². The molecular formula is C23H25N5O2S. The molecule has 0 spiro atoms. The quantitative estimate of drug-likeness (QED) is 0.418. The highest BCUT2D eigenvalue weighted by molar-refractivity contribution is 7.92. The Bertz CT molecular complexity index is 1310. The summed E-state index contributed by atoms with van der Waals surface area (Å²) in [4.78, 5) is 8.08. The van der Waals surface area contributed by atoms with Crippen LogP contribution in [0.1, 0.15) is 23.9 Å². The van der Waals surface area contributed by atoms with Crippen LogP contribution < -0.4 is 10.0 Å². The summed E-state index contributed by atoms with van der Waals surface area (Å²) in [5.41, 5.74) is 5.01. The maximum atomic E-state index is 12.6. The molecule has 0 saturated heterocycles. The van der Waals surface area contributed by atoms with Crippen molar-refractivity contribution in [2.75, 3.05) is 10.0 Å². The third kappa shape index (κ3) is 4.54. The van der Waals surface area contributed by atoms with Crippen LogP contribution in [-0.4, -0.2) is 23.0 Å². The van der Waals surface area contributed by atoms with Gasteiger partial charge in [0, 0.05) is 53.0 Å². The SMILES string of the molecule is CCn1cc(CNc2ccc(NS(=O)(=O)c3nc(C)cc(C)n3)cc2)c2ccccc21. The van der Waals surface area contributed by atoms with Crippen molar-refractivity contribution >= 4 is 32.3 Å². The van der Waals surface area contributed by atoms with Crippen LogP contribution in [0, 0.1) is 13.8 Å². The van der Waals surface area contributed by atoms with Gasteiger partial charge in [-0.2, -0.15) is 8.42 Å². The Hall–Kier alpha value is -3.39. The Labute approximate surface area is 182 Å². The molecule has 0 aliphatic rings. The van der Waals surface area contributed by atoms with Crippen molar-refractivity contribution in [3.63, 3.8) is 0 Å². The molecule has 0 saturated carbocycles. The van der Waals surface area contributed by atoms with Gasteiger partial charge >= 0.3 is 0 Å². The van der Waals surface area contributed by atoms with Crippen LogP contribution in [-0.2, 0) is 23.1 Å². The molecule has 0 aliphatic heterocycles. The third-order valence-corrected chi connectivity index (χ3v) is 6.20. The maximum Gasteiger partial charge on any atom is 0.297 e. The van der Waals surface area contributed by atoms with E-state index in [9.17, 15) is 8.42 Å². The molecule has 0 fully saturated rings. The van der Waals surface area contributed by atoms with Crippen molar-refractivity contribution in [2.24, 2.45) is 0 Å². The summed E-state index contributed by atoms with van der Waals surface area (Å²) in [5.74, 6) is 0. The lowest BCUT2D eigenvalue weighted by molar-refractivity contribution is 0.591. The number of hydrogen-bond donors (Lipinski definition) is 2. The van der Waals surface area contributed by atoms with Gasteiger partial charge < -0.3 is 9.88 Å². The van der Waals surface area contributed by atoms with Crippen LogP contribution in [0.4, 0.5) is 11.4 Å². The van der Waals surface area contributed by atoms with E-state index < -0.39 is 10.0 Å². The minimum Gasteiger partial charge on any atom is -0.381 e. The predicted molar refractivity (Wildman–Crippen MR) is 124 cm³/mol. The first-order valence-corrected chi connectivity index (χ1v) is 11.6. The van der Waals surface area contributed by atoms with Crippen LogP contribution in [0.5, 0.6) is 0 Å². The topological polar surface area (TPSA) is 88.9 Å². The molecule has 0 atom stereocenters. The monoisotopic (exact) mass is 435 g/mol. The molecule has 7 nitrogen and oxygen atoms in total. The number of aromatic nitrogens is 3. The second-order valence-corrected chi connectivity index (χ2v) is 9.00. The van der Waals surface area contributed by atoms with Gasteiger partial charge in [0.25, 0.3) is 15.2 Å². The van der Waals surface area contributed by atoms with Crippen molar-refractivity contribution in [1.82, 2.24) is 14.5 Å². The number of hydrogen-bond acceptors (Lipinski definition) is 5. The van der Waals surface area contributed by atoms with Gasteiger partial charge in [0.1, 0.15) is 0 Å². The summed E-state index contributed by atoms with van der Waals surface area (Å²) in [6.07, 6.45) is 2.17.